The summed E-state index contributed by atoms with van der Waals surface area (Å²) >= 11 is 0. The van der Waals surface area contributed by atoms with E-state index in [2.05, 4.69) is 9.88 Å². The minimum atomic E-state index is -0.360. The lowest BCUT2D eigenvalue weighted by Crippen LogP contribution is -2.30. The van der Waals surface area contributed by atoms with Gasteiger partial charge in [0.15, 0.2) is 0 Å². The Morgan fingerprint density at radius 2 is 2.26 bits per heavy atom. The van der Waals surface area contributed by atoms with E-state index in [1.807, 2.05) is 7.05 Å². The maximum absolute atomic E-state index is 13.9. The van der Waals surface area contributed by atoms with Gasteiger partial charge in [0.05, 0.1) is 0 Å². The number of aromatic nitrogens is 1. The minimum absolute atomic E-state index is 0.0236. The Morgan fingerprint density at radius 3 is 3.00 bits per heavy atom. The number of benzene rings is 1. The summed E-state index contributed by atoms with van der Waals surface area (Å²) in [7, 11) is 2.02. The number of fused-ring (bicyclic) bond motifs is 2. The molecule has 3 rings (SSSR count). The monoisotopic (exact) mass is 258 g/mol. The van der Waals surface area contributed by atoms with Crippen LogP contribution >= 0.6 is 0 Å². The molecule has 0 atom stereocenters. The zero-order valence-corrected chi connectivity index (χ0v) is 10.7. The molecule has 0 bridgehead atoms. The summed E-state index contributed by atoms with van der Waals surface area (Å²) in [5.41, 5.74) is 8.48. The molecule has 0 spiro atoms. The Bertz CT molecular complexity index is 681. The average molecular weight is 258 g/mol. The Labute approximate surface area is 110 Å². The number of hydrogen-bond acceptors (Lipinski definition) is 3. The van der Waals surface area contributed by atoms with Crippen molar-refractivity contribution in [2.24, 2.45) is 5.73 Å². The van der Waals surface area contributed by atoms with Gasteiger partial charge in [-0.25, -0.2) is 9.37 Å². The molecule has 5 heteroatoms. The van der Waals surface area contributed by atoms with Crippen LogP contribution in [-0.2, 0) is 13.0 Å². The summed E-state index contributed by atoms with van der Waals surface area (Å²) in [5.74, 6) is -0.383. The number of nitrogens with one attached hydrogen (secondary N) is 1. The van der Waals surface area contributed by atoms with Crippen LogP contribution in [0.1, 0.15) is 16.8 Å². The quantitative estimate of drug-likeness (QED) is 0.603. The zero-order chi connectivity index (χ0) is 13.6. The molecule has 1 aromatic carbocycles. The van der Waals surface area contributed by atoms with Gasteiger partial charge in [0, 0.05) is 36.2 Å². The van der Waals surface area contributed by atoms with Crippen molar-refractivity contribution in [2.75, 3.05) is 13.6 Å². The van der Waals surface area contributed by atoms with Crippen LogP contribution in [0.4, 0.5) is 4.39 Å². The van der Waals surface area contributed by atoms with Crippen molar-refractivity contribution >= 4 is 16.7 Å². The van der Waals surface area contributed by atoms with E-state index in [-0.39, 0.29) is 11.7 Å². The number of pyridine rings is 1. The van der Waals surface area contributed by atoms with Crippen molar-refractivity contribution in [3.05, 3.63) is 40.8 Å². The van der Waals surface area contributed by atoms with Crippen molar-refractivity contribution in [3.8, 4) is 0 Å². The number of halogens is 1. The Hall–Kier alpha value is -2.01. The number of hydrogen-bond donors (Lipinski definition) is 2. The lowest BCUT2D eigenvalue weighted by atomic mass is 9.95. The summed E-state index contributed by atoms with van der Waals surface area (Å²) in [5, 5.41) is 8.43. The van der Waals surface area contributed by atoms with Crippen molar-refractivity contribution in [1.82, 2.24) is 9.88 Å². The number of nitrogens with zero attached hydrogens (tertiary/aromatic N) is 2. The predicted octanol–water partition coefficient (Wildman–Crippen LogP) is 1.65. The van der Waals surface area contributed by atoms with Crippen molar-refractivity contribution in [2.45, 2.75) is 13.0 Å². The Balaban J connectivity index is 2.40. The third kappa shape index (κ3) is 1.86. The first-order chi connectivity index (χ1) is 9.08. The molecule has 19 heavy (non-hydrogen) atoms. The van der Waals surface area contributed by atoms with E-state index in [0.717, 1.165) is 24.2 Å². The maximum Gasteiger partial charge on any atom is 0.149 e. The van der Waals surface area contributed by atoms with Crippen LogP contribution in [0.25, 0.3) is 10.9 Å². The van der Waals surface area contributed by atoms with Gasteiger partial charge in [-0.15, -0.1) is 0 Å². The van der Waals surface area contributed by atoms with E-state index in [4.69, 9.17) is 11.1 Å². The smallest absolute Gasteiger partial charge is 0.149 e. The normalized spacial score (nSPS) is 15.5. The maximum atomic E-state index is 13.9. The molecular formula is C14H15FN4. The second-order valence-electron chi connectivity index (χ2n) is 4.95. The molecule has 2 aromatic rings. The van der Waals surface area contributed by atoms with E-state index in [1.165, 1.54) is 6.07 Å². The van der Waals surface area contributed by atoms with E-state index in [9.17, 15) is 4.39 Å². The van der Waals surface area contributed by atoms with Crippen LogP contribution in [0.2, 0.25) is 0 Å². The van der Waals surface area contributed by atoms with E-state index < -0.39 is 0 Å². The highest BCUT2D eigenvalue weighted by Crippen LogP contribution is 2.28. The molecule has 1 aliphatic heterocycles. The van der Waals surface area contributed by atoms with Gasteiger partial charge in [-0.05, 0) is 18.7 Å². The van der Waals surface area contributed by atoms with Gasteiger partial charge in [-0.1, -0.05) is 12.1 Å². The van der Waals surface area contributed by atoms with E-state index in [0.29, 0.717) is 23.0 Å². The number of likely N-dealkylation sites (N-methyl/N-ethyl adjacent to an activating group) is 1. The number of nitrogen functional groups attached to an aromatic ring is 1. The first-order valence-electron chi connectivity index (χ1n) is 6.21. The second kappa shape index (κ2) is 4.28. The second-order valence-corrected chi connectivity index (χ2v) is 4.95. The average Bonchev–Trinajstić information content (AvgIpc) is 2.36. The first kappa shape index (κ1) is 12.0. The van der Waals surface area contributed by atoms with Crippen LogP contribution < -0.4 is 5.73 Å². The van der Waals surface area contributed by atoms with Crippen LogP contribution in [0.5, 0.6) is 0 Å². The highest BCUT2D eigenvalue weighted by atomic mass is 19.1. The van der Waals surface area contributed by atoms with Gasteiger partial charge >= 0.3 is 0 Å². The van der Waals surface area contributed by atoms with E-state index >= 15 is 0 Å². The fraction of sp³-hybridized carbons (Fsp3) is 0.286. The highest BCUT2D eigenvalue weighted by molar-refractivity contribution is 6.08. The Morgan fingerprint density at radius 1 is 1.47 bits per heavy atom. The van der Waals surface area contributed by atoms with E-state index in [1.54, 1.807) is 12.1 Å². The van der Waals surface area contributed by atoms with Gasteiger partial charge in [-0.3, -0.25) is 5.41 Å². The molecule has 0 amide bonds. The lowest BCUT2D eigenvalue weighted by Gasteiger charge is -2.27. The number of rotatable bonds is 1. The summed E-state index contributed by atoms with van der Waals surface area (Å²) < 4.78 is 13.9. The summed E-state index contributed by atoms with van der Waals surface area (Å²) in [6.07, 6.45) is 0.760. The Kier molecular flexibility index (Phi) is 2.71. The fourth-order valence-electron chi connectivity index (χ4n) is 2.67. The molecule has 0 saturated carbocycles. The van der Waals surface area contributed by atoms with Crippen molar-refractivity contribution in [3.63, 3.8) is 0 Å². The minimum Gasteiger partial charge on any atom is -0.384 e. The SMILES string of the molecule is CN1CCc2nc3c(F)cccc3c(C(=N)N)c2C1. The van der Waals surface area contributed by atoms with Crippen LogP contribution in [0.15, 0.2) is 18.2 Å². The van der Waals surface area contributed by atoms with Gasteiger partial charge in [-0.2, -0.15) is 0 Å². The topological polar surface area (TPSA) is 66.0 Å². The van der Waals surface area contributed by atoms with Gasteiger partial charge < -0.3 is 10.6 Å². The number of nitrogens with two attached hydrogens (primary N) is 1. The highest BCUT2D eigenvalue weighted by Gasteiger charge is 2.22. The summed E-state index contributed by atoms with van der Waals surface area (Å²) in [4.78, 5) is 6.59. The third-order valence-electron chi connectivity index (χ3n) is 3.58. The molecule has 0 radical (unpaired) electrons. The van der Waals surface area contributed by atoms with Crippen LogP contribution in [0, 0.1) is 11.2 Å². The largest absolute Gasteiger partial charge is 0.384 e. The summed E-state index contributed by atoms with van der Waals surface area (Å²) in [6, 6.07) is 4.79. The first-order valence-corrected chi connectivity index (χ1v) is 6.21. The number of amidine groups is 1. The van der Waals surface area contributed by atoms with Gasteiger partial charge in [0.2, 0.25) is 0 Å². The standard InChI is InChI=1S/C14H15FN4/c1-19-6-5-11-9(7-19)12(14(16)17)8-3-2-4-10(15)13(8)18-11/h2-4H,5-7H2,1H3,(H3,16,17). The lowest BCUT2D eigenvalue weighted by molar-refractivity contribution is 0.310. The molecule has 4 nitrogen and oxygen atoms in total. The third-order valence-corrected chi connectivity index (χ3v) is 3.58. The molecule has 1 aromatic heterocycles. The fourth-order valence-corrected chi connectivity index (χ4v) is 2.67. The predicted molar refractivity (Wildman–Crippen MR) is 72.8 cm³/mol. The van der Waals surface area contributed by atoms with Gasteiger partial charge in [0.1, 0.15) is 17.2 Å². The van der Waals surface area contributed by atoms with Crippen molar-refractivity contribution in [1.29, 1.82) is 5.41 Å². The molecule has 1 aliphatic rings. The van der Waals surface area contributed by atoms with Crippen LogP contribution in [0.3, 0.4) is 0 Å². The van der Waals surface area contributed by atoms with Crippen LogP contribution in [-0.4, -0.2) is 29.3 Å². The number of para-hydroxylation sites is 1. The molecular weight excluding hydrogens is 243 g/mol. The zero-order valence-electron chi connectivity index (χ0n) is 10.7. The molecule has 3 N–H and O–H groups in total. The molecule has 0 fully saturated rings. The summed E-state index contributed by atoms with van der Waals surface area (Å²) in [6.45, 7) is 1.58. The molecule has 2 heterocycles. The van der Waals surface area contributed by atoms with Crippen molar-refractivity contribution < 1.29 is 4.39 Å². The molecule has 0 aliphatic carbocycles. The molecule has 0 saturated heterocycles. The molecule has 98 valence electrons. The van der Waals surface area contributed by atoms with Gasteiger partial charge in [0.25, 0.3) is 0 Å². The molecule has 0 unspecified atom stereocenters.